The number of anilines is 1. The van der Waals surface area contributed by atoms with E-state index >= 15 is 0 Å². The molecule has 2 N–H and O–H groups in total. The van der Waals surface area contributed by atoms with Crippen LogP contribution < -0.4 is 4.72 Å². The zero-order chi connectivity index (χ0) is 8.97. The third kappa shape index (κ3) is 2.38. The Morgan fingerprint density at radius 1 is 1.58 bits per heavy atom. The third-order valence-electron chi connectivity index (χ3n) is 1.23. The van der Waals surface area contributed by atoms with Gasteiger partial charge >= 0.3 is 0 Å². The summed E-state index contributed by atoms with van der Waals surface area (Å²) in [5.41, 5.74) is 1.21. The van der Waals surface area contributed by atoms with Crippen LogP contribution in [0, 0.1) is 12.3 Å². The van der Waals surface area contributed by atoms with Gasteiger partial charge in [-0.1, -0.05) is 12.0 Å². The normalized spacial score (nSPS) is 11.7. The largest absolute Gasteiger partial charge is 0.289 e. The summed E-state index contributed by atoms with van der Waals surface area (Å²) in [4.78, 5) is 0. The van der Waals surface area contributed by atoms with Gasteiger partial charge in [0, 0.05) is 11.3 Å². The van der Waals surface area contributed by atoms with Gasteiger partial charge in [-0.05, 0) is 18.2 Å². The molecule has 0 aliphatic carbocycles. The van der Waals surface area contributed by atoms with Crippen LogP contribution in [0.3, 0.4) is 0 Å². The van der Waals surface area contributed by atoms with E-state index in [1.807, 2.05) is 0 Å². The molecule has 0 amide bonds. The molecule has 3 nitrogen and oxygen atoms in total. The predicted molar refractivity (Wildman–Crippen MR) is 48.8 cm³/mol. The summed E-state index contributed by atoms with van der Waals surface area (Å²) in [6, 6.07) is 6.74. The van der Waals surface area contributed by atoms with Gasteiger partial charge in [-0.15, -0.1) is 6.42 Å². The van der Waals surface area contributed by atoms with Crippen molar-refractivity contribution in [2.24, 2.45) is 0 Å². The molecule has 0 radical (unpaired) electrons. The Hall–Kier alpha value is -1.31. The molecule has 1 atom stereocenters. The molecule has 4 heteroatoms. The maximum Gasteiger partial charge on any atom is 0.259 e. The summed E-state index contributed by atoms with van der Waals surface area (Å²) in [7, 11) is 0. The molecule has 0 saturated heterocycles. The highest BCUT2D eigenvalue weighted by atomic mass is 32.2. The second kappa shape index (κ2) is 3.90. The first-order chi connectivity index (χ1) is 5.72. The first kappa shape index (κ1) is 8.78. The Kier molecular flexibility index (Phi) is 2.86. The predicted octanol–water partition coefficient (Wildman–Crippen LogP) is 1.22. The van der Waals surface area contributed by atoms with E-state index in [-0.39, 0.29) is 0 Å². The lowest BCUT2D eigenvalue weighted by Gasteiger charge is -2.00. The van der Waals surface area contributed by atoms with Crippen molar-refractivity contribution in [3.05, 3.63) is 29.8 Å². The summed E-state index contributed by atoms with van der Waals surface area (Å²) in [6.45, 7) is 0. The van der Waals surface area contributed by atoms with E-state index in [0.29, 0.717) is 11.3 Å². The fraction of sp³-hybridized carbons (Fsp3) is 0. The van der Waals surface area contributed by atoms with Crippen LogP contribution in [0.2, 0.25) is 0 Å². The van der Waals surface area contributed by atoms with E-state index < -0.39 is 11.3 Å². The average Bonchev–Trinajstić information content (AvgIpc) is 2.03. The SMILES string of the molecule is C#Cc1cccc(NS(=O)O)c1. The minimum absolute atomic E-state index is 0.534. The lowest BCUT2D eigenvalue weighted by atomic mass is 10.2. The van der Waals surface area contributed by atoms with Crippen molar-refractivity contribution in [3.63, 3.8) is 0 Å². The van der Waals surface area contributed by atoms with E-state index in [1.54, 1.807) is 24.3 Å². The first-order valence-corrected chi connectivity index (χ1v) is 4.27. The third-order valence-corrected chi connectivity index (χ3v) is 1.64. The molecule has 1 unspecified atom stereocenters. The van der Waals surface area contributed by atoms with Crippen molar-refractivity contribution in [2.75, 3.05) is 4.72 Å². The van der Waals surface area contributed by atoms with E-state index in [0.717, 1.165) is 0 Å². The van der Waals surface area contributed by atoms with Gasteiger partial charge in [0.15, 0.2) is 0 Å². The molecule has 0 spiro atoms. The van der Waals surface area contributed by atoms with Crippen molar-refractivity contribution in [1.82, 2.24) is 0 Å². The molecular formula is C8H7NO2S. The van der Waals surface area contributed by atoms with E-state index in [4.69, 9.17) is 11.0 Å². The number of benzene rings is 1. The first-order valence-electron chi connectivity index (χ1n) is 3.16. The molecule has 0 bridgehead atoms. The summed E-state index contributed by atoms with van der Waals surface area (Å²) >= 11 is -2.05. The van der Waals surface area contributed by atoms with Gasteiger partial charge in [0.2, 0.25) is 0 Å². The van der Waals surface area contributed by atoms with E-state index in [9.17, 15) is 4.21 Å². The maximum absolute atomic E-state index is 10.3. The molecular weight excluding hydrogens is 174 g/mol. The van der Waals surface area contributed by atoms with Crippen molar-refractivity contribution < 1.29 is 8.76 Å². The highest BCUT2D eigenvalue weighted by molar-refractivity contribution is 7.80. The number of nitrogens with one attached hydrogen (secondary N) is 1. The second-order valence-corrected chi connectivity index (χ2v) is 2.78. The molecule has 0 aromatic heterocycles. The fourth-order valence-electron chi connectivity index (χ4n) is 0.773. The molecule has 1 aromatic rings. The van der Waals surface area contributed by atoms with Gasteiger partial charge in [-0.2, -0.15) is 0 Å². The van der Waals surface area contributed by atoms with Crippen LogP contribution in [-0.4, -0.2) is 8.76 Å². The quantitative estimate of drug-likeness (QED) is 0.532. The number of hydrogen-bond donors (Lipinski definition) is 2. The van der Waals surface area contributed by atoms with E-state index in [2.05, 4.69) is 10.6 Å². The van der Waals surface area contributed by atoms with Crippen molar-refractivity contribution in [1.29, 1.82) is 0 Å². The monoisotopic (exact) mass is 181 g/mol. The molecule has 0 aliphatic heterocycles. The summed E-state index contributed by atoms with van der Waals surface area (Å²) in [5.74, 6) is 2.42. The Morgan fingerprint density at radius 3 is 2.92 bits per heavy atom. The van der Waals surface area contributed by atoms with Crippen LogP contribution in [0.25, 0.3) is 0 Å². The lowest BCUT2D eigenvalue weighted by Crippen LogP contribution is -2.01. The summed E-state index contributed by atoms with van der Waals surface area (Å²) in [5, 5.41) is 0. The van der Waals surface area contributed by atoms with Crippen LogP contribution in [0.5, 0.6) is 0 Å². The molecule has 12 heavy (non-hydrogen) atoms. The highest BCUT2D eigenvalue weighted by Crippen LogP contribution is 2.09. The van der Waals surface area contributed by atoms with Crippen LogP contribution in [0.4, 0.5) is 5.69 Å². The van der Waals surface area contributed by atoms with Gasteiger partial charge in [-0.25, -0.2) is 4.21 Å². The minimum atomic E-state index is -2.05. The van der Waals surface area contributed by atoms with Gasteiger partial charge in [0.05, 0.1) is 0 Å². The number of rotatable bonds is 2. The maximum atomic E-state index is 10.3. The lowest BCUT2D eigenvalue weighted by molar-refractivity contribution is 0.570. The smallest absolute Gasteiger partial charge is 0.259 e. The highest BCUT2D eigenvalue weighted by Gasteiger charge is 1.94. The van der Waals surface area contributed by atoms with Crippen molar-refractivity contribution in [3.8, 4) is 12.3 Å². The molecule has 1 rings (SSSR count). The molecule has 0 fully saturated rings. The topological polar surface area (TPSA) is 49.3 Å². The second-order valence-electron chi connectivity index (χ2n) is 2.08. The van der Waals surface area contributed by atoms with Gasteiger partial charge < -0.3 is 0 Å². The number of terminal acetylenes is 1. The van der Waals surface area contributed by atoms with Crippen LogP contribution in [0.1, 0.15) is 5.56 Å². The standard InChI is InChI=1S/C8H7NO2S/c1-2-7-4-3-5-8(6-7)9-12(10)11/h1,3-6,9H,(H,10,11). The van der Waals surface area contributed by atoms with Gasteiger partial charge in [0.25, 0.3) is 11.3 Å². The van der Waals surface area contributed by atoms with Crippen molar-refractivity contribution >= 4 is 17.0 Å². The average molecular weight is 181 g/mol. The fourth-order valence-corrected chi connectivity index (χ4v) is 1.10. The Labute approximate surface area is 73.2 Å². The molecule has 0 saturated carbocycles. The molecule has 62 valence electrons. The van der Waals surface area contributed by atoms with Crippen LogP contribution >= 0.6 is 0 Å². The Balaban J connectivity index is 2.88. The summed E-state index contributed by atoms with van der Waals surface area (Å²) in [6.07, 6.45) is 5.13. The van der Waals surface area contributed by atoms with Gasteiger partial charge in [0.1, 0.15) is 0 Å². The van der Waals surface area contributed by atoms with Crippen molar-refractivity contribution in [2.45, 2.75) is 0 Å². The van der Waals surface area contributed by atoms with Crippen LogP contribution in [0.15, 0.2) is 24.3 Å². The zero-order valence-electron chi connectivity index (χ0n) is 6.15. The number of hydrogen-bond acceptors (Lipinski definition) is 1. The van der Waals surface area contributed by atoms with Crippen LogP contribution in [-0.2, 0) is 11.3 Å². The Morgan fingerprint density at radius 2 is 2.33 bits per heavy atom. The molecule has 0 heterocycles. The molecule has 1 aromatic carbocycles. The Bertz CT molecular complexity index is 343. The zero-order valence-corrected chi connectivity index (χ0v) is 6.97. The summed E-state index contributed by atoms with van der Waals surface area (Å²) < 4.78 is 21.1. The van der Waals surface area contributed by atoms with Gasteiger partial charge in [-0.3, -0.25) is 9.27 Å². The minimum Gasteiger partial charge on any atom is -0.289 e. The molecule has 0 aliphatic rings. The van der Waals surface area contributed by atoms with E-state index in [1.165, 1.54) is 0 Å².